The van der Waals surface area contributed by atoms with E-state index in [2.05, 4.69) is 16.0 Å². The predicted molar refractivity (Wildman–Crippen MR) is 111 cm³/mol. The topological polar surface area (TPSA) is 96.7 Å². The molecule has 148 valence electrons. The third kappa shape index (κ3) is 4.01. The first kappa shape index (κ1) is 19.6. The van der Waals surface area contributed by atoms with Crippen LogP contribution in [0.3, 0.4) is 0 Å². The van der Waals surface area contributed by atoms with Gasteiger partial charge in [-0.2, -0.15) is 5.26 Å². The normalized spacial score (nSPS) is 11.8. The van der Waals surface area contributed by atoms with E-state index in [-0.39, 0.29) is 5.56 Å². The summed E-state index contributed by atoms with van der Waals surface area (Å²) in [5, 5.41) is 20.2. The average Bonchev–Trinajstić information content (AvgIpc) is 3.23. The van der Waals surface area contributed by atoms with Crippen molar-refractivity contribution in [1.29, 1.82) is 5.26 Å². The molecule has 0 radical (unpaired) electrons. The van der Waals surface area contributed by atoms with Crippen LogP contribution in [-0.4, -0.2) is 24.2 Å². The van der Waals surface area contributed by atoms with E-state index in [0.29, 0.717) is 34.2 Å². The number of aliphatic hydroxyl groups excluding tert-OH is 1. The molecule has 0 saturated carbocycles. The molecular weight excluding hydrogens is 402 g/mol. The van der Waals surface area contributed by atoms with Gasteiger partial charge in [0, 0.05) is 30.6 Å². The minimum atomic E-state index is -0.941. The van der Waals surface area contributed by atoms with Crippen LogP contribution in [0.1, 0.15) is 28.5 Å². The molecule has 0 amide bonds. The van der Waals surface area contributed by atoms with Crippen molar-refractivity contribution in [3.8, 4) is 11.9 Å². The van der Waals surface area contributed by atoms with Gasteiger partial charge < -0.3 is 9.67 Å². The molecule has 1 aromatic carbocycles. The molecule has 4 aromatic rings. The molecule has 0 fully saturated rings. The number of halogens is 1. The molecule has 0 aliphatic rings. The molecular formula is C22H16ClN5O2. The Morgan fingerprint density at radius 1 is 1.10 bits per heavy atom. The van der Waals surface area contributed by atoms with Gasteiger partial charge in [-0.05, 0) is 29.8 Å². The minimum Gasteiger partial charge on any atom is -0.382 e. The number of imidazole rings is 1. The third-order valence-corrected chi connectivity index (χ3v) is 4.89. The second-order valence-electron chi connectivity index (χ2n) is 6.66. The van der Waals surface area contributed by atoms with Crippen LogP contribution >= 0.6 is 11.6 Å². The Hall–Kier alpha value is -3.73. The molecule has 1 N–H and O–H groups in total. The quantitative estimate of drug-likeness (QED) is 0.538. The zero-order chi connectivity index (χ0) is 21.1. The van der Waals surface area contributed by atoms with Crippen molar-refractivity contribution in [3.63, 3.8) is 0 Å². The number of nitrogens with zero attached hydrogens (tertiary/aromatic N) is 5. The SMILES string of the molecule is N#Cc1ccc(Cn2cncc2[C@H](O)c2ccc(-n3cc(Cl)ccc3=O)nc2)cc1. The average molecular weight is 418 g/mol. The molecule has 0 aliphatic heterocycles. The fourth-order valence-corrected chi connectivity index (χ4v) is 3.25. The summed E-state index contributed by atoms with van der Waals surface area (Å²) in [6, 6.07) is 15.6. The number of aliphatic hydroxyl groups is 1. The van der Waals surface area contributed by atoms with Gasteiger partial charge in [0.25, 0.3) is 5.56 Å². The van der Waals surface area contributed by atoms with Crippen LogP contribution < -0.4 is 5.56 Å². The van der Waals surface area contributed by atoms with Crippen molar-refractivity contribution in [3.05, 3.63) is 111 Å². The van der Waals surface area contributed by atoms with Gasteiger partial charge in [0.1, 0.15) is 11.9 Å². The van der Waals surface area contributed by atoms with Gasteiger partial charge in [-0.1, -0.05) is 29.8 Å². The molecule has 1 atom stereocenters. The molecule has 0 saturated heterocycles. The van der Waals surface area contributed by atoms with Gasteiger partial charge in [-0.3, -0.25) is 9.36 Å². The maximum atomic E-state index is 12.0. The Morgan fingerprint density at radius 3 is 2.60 bits per heavy atom. The standard InChI is InChI=1S/C22H16ClN5O2/c23-18-6-8-21(29)28(13-18)20-7-5-17(10-26-20)22(30)19-11-25-14-27(19)12-16-3-1-15(9-24)2-4-16/h1-8,10-11,13-14,22,30H,12H2/t22-/m1/s1. The van der Waals surface area contributed by atoms with E-state index >= 15 is 0 Å². The van der Waals surface area contributed by atoms with E-state index < -0.39 is 6.10 Å². The fourth-order valence-electron chi connectivity index (χ4n) is 3.08. The number of hydrogen-bond donors (Lipinski definition) is 1. The first-order valence-electron chi connectivity index (χ1n) is 9.07. The Kier molecular flexibility index (Phi) is 5.44. The van der Waals surface area contributed by atoms with Crippen LogP contribution in [-0.2, 0) is 6.54 Å². The van der Waals surface area contributed by atoms with Gasteiger partial charge in [0.05, 0.1) is 34.9 Å². The summed E-state index contributed by atoms with van der Waals surface area (Å²) in [6.45, 7) is 0.502. The molecule has 0 aliphatic carbocycles. The molecule has 7 nitrogen and oxygen atoms in total. The molecule has 0 spiro atoms. The summed E-state index contributed by atoms with van der Waals surface area (Å²) in [6.07, 6.45) is 5.32. The second-order valence-corrected chi connectivity index (χ2v) is 7.10. The van der Waals surface area contributed by atoms with Crippen LogP contribution in [0.5, 0.6) is 0 Å². The highest BCUT2D eigenvalue weighted by Gasteiger charge is 2.16. The molecule has 0 unspecified atom stereocenters. The number of nitriles is 1. The Labute approximate surface area is 177 Å². The first-order valence-corrected chi connectivity index (χ1v) is 9.44. The third-order valence-electron chi connectivity index (χ3n) is 4.67. The highest BCUT2D eigenvalue weighted by atomic mass is 35.5. The van der Waals surface area contributed by atoms with Crippen LogP contribution in [0.25, 0.3) is 5.82 Å². The summed E-state index contributed by atoms with van der Waals surface area (Å²) >= 11 is 5.96. The van der Waals surface area contributed by atoms with Crippen molar-refractivity contribution in [2.24, 2.45) is 0 Å². The highest BCUT2D eigenvalue weighted by Crippen LogP contribution is 2.22. The maximum absolute atomic E-state index is 12.0. The van der Waals surface area contributed by atoms with Crippen LogP contribution in [0.15, 0.2) is 78.2 Å². The summed E-state index contributed by atoms with van der Waals surface area (Å²) < 4.78 is 3.18. The summed E-state index contributed by atoms with van der Waals surface area (Å²) in [5.41, 5.74) is 2.49. The molecule has 3 heterocycles. The zero-order valence-corrected chi connectivity index (χ0v) is 16.4. The van der Waals surface area contributed by atoms with Crippen molar-refractivity contribution in [2.45, 2.75) is 12.6 Å². The summed E-state index contributed by atoms with van der Waals surface area (Å²) in [5.74, 6) is 0.407. The minimum absolute atomic E-state index is 0.249. The van der Waals surface area contributed by atoms with Gasteiger partial charge in [-0.25, -0.2) is 9.97 Å². The van der Waals surface area contributed by atoms with E-state index in [4.69, 9.17) is 16.9 Å². The lowest BCUT2D eigenvalue weighted by Gasteiger charge is -2.15. The van der Waals surface area contributed by atoms with Crippen LogP contribution in [0.4, 0.5) is 0 Å². The highest BCUT2D eigenvalue weighted by molar-refractivity contribution is 6.30. The van der Waals surface area contributed by atoms with Gasteiger partial charge in [0.2, 0.25) is 0 Å². The Morgan fingerprint density at radius 2 is 1.90 bits per heavy atom. The number of benzene rings is 1. The van der Waals surface area contributed by atoms with Crippen molar-refractivity contribution in [2.75, 3.05) is 0 Å². The first-order chi connectivity index (χ1) is 14.5. The summed E-state index contributed by atoms with van der Waals surface area (Å²) in [7, 11) is 0. The largest absolute Gasteiger partial charge is 0.382 e. The molecule has 0 bridgehead atoms. The van der Waals surface area contributed by atoms with Crippen LogP contribution in [0.2, 0.25) is 5.02 Å². The lowest BCUT2D eigenvalue weighted by Crippen LogP contribution is -2.17. The van der Waals surface area contributed by atoms with Gasteiger partial charge in [-0.15, -0.1) is 0 Å². The summed E-state index contributed by atoms with van der Waals surface area (Å²) in [4.78, 5) is 20.5. The molecule has 3 aromatic heterocycles. The van der Waals surface area contributed by atoms with E-state index in [1.165, 1.54) is 29.1 Å². The lowest BCUT2D eigenvalue weighted by molar-refractivity contribution is 0.210. The maximum Gasteiger partial charge on any atom is 0.256 e. The Bertz CT molecular complexity index is 1270. The molecule has 4 rings (SSSR count). The van der Waals surface area contributed by atoms with Crippen molar-refractivity contribution < 1.29 is 5.11 Å². The van der Waals surface area contributed by atoms with Crippen molar-refractivity contribution in [1.82, 2.24) is 19.1 Å². The number of rotatable bonds is 5. The van der Waals surface area contributed by atoms with E-state index in [9.17, 15) is 9.90 Å². The smallest absolute Gasteiger partial charge is 0.256 e. The fraction of sp³-hybridized carbons (Fsp3) is 0.0909. The number of aromatic nitrogens is 4. The second kappa shape index (κ2) is 8.33. The molecule has 30 heavy (non-hydrogen) atoms. The van der Waals surface area contributed by atoms with Gasteiger partial charge in [0.15, 0.2) is 0 Å². The molecule has 8 heteroatoms. The number of hydrogen-bond acceptors (Lipinski definition) is 5. The zero-order valence-electron chi connectivity index (χ0n) is 15.7. The lowest BCUT2D eigenvalue weighted by atomic mass is 10.1. The van der Waals surface area contributed by atoms with E-state index in [0.717, 1.165) is 5.56 Å². The monoisotopic (exact) mass is 417 g/mol. The van der Waals surface area contributed by atoms with Crippen molar-refractivity contribution >= 4 is 11.6 Å². The van der Waals surface area contributed by atoms with E-state index in [1.54, 1.807) is 36.8 Å². The van der Waals surface area contributed by atoms with E-state index in [1.807, 2.05) is 16.7 Å². The Balaban J connectivity index is 1.57. The van der Waals surface area contributed by atoms with Gasteiger partial charge >= 0.3 is 0 Å². The predicted octanol–water partition coefficient (Wildman–Crippen LogP) is 3.08. The number of pyridine rings is 2. The van der Waals surface area contributed by atoms with Crippen LogP contribution in [0, 0.1) is 11.3 Å².